The van der Waals surface area contributed by atoms with E-state index in [0.717, 1.165) is 5.56 Å². The van der Waals surface area contributed by atoms with Gasteiger partial charge in [-0.3, -0.25) is 0 Å². The summed E-state index contributed by atoms with van der Waals surface area (Å²) in [5.41, 5.74) is 1.02. The molecule has 0 unspecified atom stereocenters. The van der Waals surface area contributed by atoms with Gasteiger partial charge >= 0.3 is 12.0 Å². The molecule has 0 aliphatic heterocycles. The zero-order chi connectivity index (χ0) is 14.5. The van der Waals surface area contributed by atoms with Crippen LogP contribution < -0.4 is 10.6 Å². The number of hydrogen-bond acceptors (Lipinski definition) is 3. The Hall–Kier alpha value is -2.05. The smallest absolute Gasteiger partial charge is 0.339 e. The summed E-state index contributed by atoms with van der Waals surface area (Å²) in [6, 6.07) is 5.93. The molecule has 1 aromatic carbocycles. The van der Waals surface area contributed by atoms with Gasteiger partial charge in [0.25, 0.3) is 0 Å². The van der Waals surface area contributed by atoms with E-state index in [9.17, 15) is 9.59 Å². The van der Waals surface area contributed by atoms with Gasteiger partial charge in [0.1, 0.15) is 5.56 Å². The van der Waals surface area contributed by atoms with Crippen molar-refractivity contribution in [1.82, 2.24) is 5.32 Å². The van der Waals surface area contributed by atoms with Gasteiger partial charge in [0.15, 0.2) is 0 Å². The number of carbonyl (C=O) groups is 2. The SMILES string of the molecule is O=C(NCc1ccsc1)Nc1cccc(Cl)c1C(=O)O. The van der Waals surface area contributed by atoms with E-state index in [-0.39, 0.29) is 16.3 Å². The fourth-order valence-electron chi connectivity index (χ4n) is 1.59. The predicted octanol–water partition coefficient (Wildman–Crippen LogP) is 3.42. The van der Waals surface area contributed by atoms with Crippen LogP contribution in [0.5, 0.6) is 0 Å². The van der Waals surface area contributed by atoms with Crippen LogP contribution in [0.25, 0.3) is 0 Å². The maximum atomic E-state index is 11.7. The first-order chi connectivity index (χ1) is 9.58. The third-order valence-electron chi connectivity index (χ3n) is 2.51. The average Bonchev–Trinajstić information content (AvgIpc) is 2.89. The van der Waals surface area contributed by atoms with Crippen LogP contribution in [0.3, 0.4) is 0 Å². The van der Waals surface area contributed by atoms with Gasteiger partial charge in [-0.25, -0.2) is 9.59 Å². The van der Waals surface area contributed by atoms with Gasteiger partial charge in [0.2, 0.25) is 0 Å². The van der Waals surface area contributed by atoms with Gasteiger partial charge in [0, 0.05) is 6.54 Å². The lowest BCUT2D eigenvalue weighted by atomic mass is 10.2. The summed E-state index contributed by atoms with van der Waals surface area (Å²) in [4.78, 5) is 22.9. The third kappa shape index (κ3) is 3.49. The Balaban J connectivity index is 2.04. The van der Waals surface area contributed by atoms with Gasteiger partial charge in [-0.05, 0) is 34.5 Å². The highest BCUT2D eigenvalue weighted by molar-refractivity contribution is 7.07. The number of carboxylic acid groups (broad SMARTS) is 1. The van der Waals surface area contributed by atoms with E-state index in [1.165, 1.54) is 23.5 Å². The standard InChI is InChI=1S/C13H11ClN2O3S/c14-9-2-1-3-10(11(9)12(17)18)16-13(19)15-6-8-4-5-20-7-8/h1-5,7H,6H2,(H,17,18)(H2,15,16,19). The number of halogens is 1. The number of anilines is 1. The molecule has 5 nitrogen and oxygen atoms in total. The number of carboxylic acids is 1. The van der Waals surface area contributed by atoms with Crippen molar-refractivity contribution in [3.8, 4) is 0 Å². The number of thiophene rings is 1. The van der Waals surface area contributed by atoms with Crippen molar-refractivity contribution >= 4 is 40.6 Å². The first kappa shape index (κ1) is 14.4. The number of hydrogen-bond donors (Lipinski definition) is 3. The molecule has 20 heavy (non-hydrogen) atoms. The van der Waals surface area contributed by atoms with Crippen LogP contribution in [0.2, 0.25) is 5.02 Å². The Labute approximate surface area is 124 Å². The van der Waals surface area contributed by atoms with Gasteiger partial charge in [-0.2, -0.15) is 11.3 Å². The second kappa shape index (κ2) is 6.40. The van der Waals surface area contributed by atoms with E-state index in [1.807, 2.05) is 16.8 Å². The molecule has 3 N–H and O–H groups in total. The lowest BCUT2D eigenvalue weighted by Gasteiger charge is -2.10. The summed E-state index contributed by atoms with van der Waals surface area (Å²) >= 11 is 7.35. The van der Waals surface area contributed by atoms with E-state index >= 15 is 0 Å². The molecule has 1 heterocycles. The van der Waals surface area contributed by atoms with Gasteiger partial charge in [-0.15, -0.1) is 0 Å². The molecule has 0 atom stereocenters. The Morgan fingerprint density at radius 1 is 1.30 bits per heavy atom. The second-order valence-corrected chi connectivity index (χ2v) is 5.09. The minimum atomic E-state index is -1.19. The number of carbonyl (C=O) groups excluding carboxylic acids is 1. The molecule has 2 aromatic rings. The van der Waals surface area contributed by atoms with Crippen LogP contribution in [-0.2, 0) is 6.54 Å². The number of urea groups is 1. The van der Waals surface area contributed by atoms with Crippen molar-refractivity contribution in [3.05, 3.63) is 51.2 Å². The quantitative estimate of drug-likeness (QED) is 0.809. The van der Waals surface area contributed by atoms with Crippen molar-refractivity contribution in [1.29, 1.82) is 0 Å². The summed E-state index contributed by atoms with van der Waals surface area (Å²) in [6.45, 7) is 0.373. The van der Waals surface area contributed by atoms with Crippen LogP contribution in [0.15, 0.2) is 35.0 Å². The maximum absolute atomic E-state index is 11.7. The summed E-state index contributed by atoms with van der Waals surface area (Å²) in [7, 11) is 0. The first-order valence-electron chi connectivity index (χ1n) is 5.65. The number of aromatic carboxylic acids is 1. The maximum Gasteiger partial charge on any atom is 0.339 e. The Morgan fingerprint density at radius 3 is 2.75 bits per heavy atom. The molecule has 0 aliphatic carbocycles. The molecule has 104 valence electrons. The van der Waals surface area contributed by atoms with Crippen LogP contribution in [0.4, 0.5) is 10.5 Å². The molecule has 2 rings (SSSR count). The summed E-state index contributed by atoms with van der Waals surface area (Å²) in [6.07, 6.45) is 0. The number of rotatable bonds is 4. The van der Waals surface area contributed by atoms with Gasteiger partial charge in [-0.1, -0.05) is 17.7 Å². The van der Waals surface area contributed by atoms with Gasteiger partial charge in [0.05, 0.1) is 10.7 Å². The van der Waals surface area contributed by atoms with Crippen LogP contribution in [0.1, 0.15) is 15.9 Å². The van der Waals surface area contributed by atoms with Crippen LogP contribution in [-0.4, -0.2) is 17.1 Å². The molecule has 0 saturated carbocycles. The molecule has 0 bridgehead atoms. The molecular formula is C13H11ClN2O3S. The summed E-state index contributed by atoms with van der Waals surface area (Å²) in [5.74, 6) is -1.19. The molecule has 7 heteroatoms. The average molecular weight is 311 g/mol. The molecule has 0 fully saturated rings. The Bertz CT molecular complexity index is 629. The summed E-state index contributed by atoms with van der Waals surface area (Å²) < 4.78 is 0. The van der Waals surface area contributed by atoms with Crippen molar-refractivity contribution in [3.63, 3.8) is 0 Å². The molecule has 0 aliphatic rings. The van der Waals surface area contributed by atoms with Crippen molar-refractivity contribution in [2.24, 2.45) is 0 Å². The van der Waals surface area contributed by atoms with Crippen LogP contribution >= 0.6 is 22.9 Å². The monoisotopic (exact) mass is 310 g/mol. The Kier molecular flexibility index (Phi) is 4.60. The topological polar surface area (TPSA) is 78.4 Å². The molecule has 2 amide bonds. The van der Waals surface area contributed by atoms with Crippen molar-refractivity contribution < 1.29 is 14.7 Å². The summed E-state index contributed by atoms with van der Waals surface area (Å²) in [5, 5.41) is 18.1. The highest BCUT2D eigenvalue weighted by Gasteiger charge is 2.15. The number of benzene rings is 1. The van der Waals surface area contributed by atoms with E-state index in [4.69, 9.17) is 16.7 Å². The lowest BCUT2D eigenvalue weighted by Crippen LogP contribution is -2.28. The fraction of sp³-hybridized carbons (Fsp3) is 0.0769. The molecule has 0 saturated heterocycles. The van der Waals surface area contributed by atoms with Crippen molar-refractivity contribution in [2.75, 3.05) is 5.32 Å². The van der Waals surface area contributed by atoms with Crippen LogP contribution in [0, 0.1) is 0 Å². The highest BCUT2D eigenvalue weighted by Crippen LogP contribution is 2.24. The van der Waals surface area contributed by atoms with E-state index < -0.39 is 12.0 Å². The molecule has 0 spiro atoms. The lowest BCUT2D eigenvalue weighted by molar-refractivity contribution is 0.0698. The van der Waals surface area contributed by atoms with Gasteiger partial charge < -0.3 is 15.7 Å². The van der Waals surface area contributed by atoms with E-state index in [1.54, 1.807) is 6.07 Å². The zero-order valence-corrected chi connectivity index (χ0v) is 11.8. The fourth-order valence-corrected chi connectivity index (χ4v) is 2.51. The highest BCUT2D eigenvalue weighted by atomic mass is 35.5. The number of nitrogens with one attached hydrogen (secondary N) is 2. The van der Waals surface area contributed by atoms with E-state index in [0.29, 0.717) is 6.54 Å². The minimum Gasteiger partial charge on any atom is -0.478 e. The molecular weight excluding hydrogens is 300 g/mol. The Morgan fingerprint density at radius 2 is 2.10 bits per heavy atom. The number of amides is 2. The normalized spacial score (nSPS) is 10.1. The minimum absolute atomic E-state index is 0.0770. The second-order valence-electron chi connectivity index (χ2n) is 3.91. The first-order valence-corrected chi connectivity index (χ1v) is 6.97. The third-order valence-corrected chi connectivity index (χ3v) is 3.56. The predicted molar refractivity (Wildman–Crippen MR) is 78.6 cm³/mol. The van der Waals surface area contributed by atoms with E-state index in [2.05, 4.69) is 10.6 Å². The largest absolute Gasteiger partial charge is 0.478 e. The van der Waals surface area contributed by atoms with Crippen molar-refractivity contribution in [2.45, 2.75) is 6.54 Å². The zero-order valence-electron chi connectivity index (χ0n) is 10.2. The molecule has 1 aromatic heterocycles. The molecule has 0 radical (unpaired) electrons.